The van der Waals surface area contributed by atoms with Gasteiger partial charge < -0.3 is 15.2 Å². The van der Waals surface area contributed by atoms with Gasteiger partial charge in [-0.2, -0.15) is 13.5 Å². The summed E-state index contributed by atoms with van der Waals surface area (Å²) < 4.78 is 39.7. The number of piperidine rings is 1. The van der Waals surface area contributed by atoms with Gasteiger partial charge in [0.15, 0.2) is 5.76 Å². The molecule has 2 aliphatic rings. The first kappa shape index (κ1) is 14.3. The van der Waals surface area contributed by atoms with Crippen molar-refractivity contribution in [1.29, 1.82) is 0 Å². The molecule has 2 saturated heterocycles. The van der Waals surface area contributed by atoms with Crippen molar-refractivity contribution < 1.29 is 26.6 Å². The molecule has 3 heterocycles. The molecule has 2 amide bonds. The normalized spacial score (nSPS) is 25.7. The van der Waals surface area contributed by atoms with Gasteiger partial charge in [-0.3, -0.25) is 4.55 Å². The third-order valence-electron chi connectivity index (χ3n) is 3.62. The molecule has 0 unspecified atom stereocenters. The van der Waals surface area contributed by atoms with Crippen LogP contribution in [0.1, 0.15) is 30.3 Å². The summed E-state index contributed by atoms with van der Waals surface area (Å²) in [4.78, 5) is 13.6. The molecule has 0 aromatic carbocycles. The monoisotopic (exact) mass is 318 g/mol. The fourth-order valence-corrected chi connectivity index (χ4v) is 3.11. The minimum absolute atomic E-state index is 0.203. The van der Waals surface area contributed by atoms with Crippen LogP contribution in [0.25, 0.3) is 0 Å². The third-order valence-corrected chi connectivity index (χ3v) is 3.97. The summed E-state index contributed by atoms with van der Waals surface area (Å²) in [5.74, 6) is 0.504. The van der Waals surface area contributed by atoms with E-state index in [1.165, 1.54) is 4.90 Å². The smallest absolute Gasteiger partial charge is 0.360 e. The number of rotatable bonds is 4. The first-order valence-corrected chi connectivity index (χ1v) is 7.68. The highest BCUT2D eigenvalue weighted by molar-refractivity contribution is 7.80. The van der Waals surface area contributed by atoms with Crippen LogP contribution in [0.15, 0.2) is 10.6 Å². The van der Waals surface area contributed by atoms with Crippen molar-refractivity contribution in [3.63, 3.8) is 0 Å². The highest BCUT2D eigenvalue weighted by Crippen LogP contribution is 2.38. The molecule has 2 fully saturated rings. The van der Waals surface area contributed by atoms with Crippen LogP contribution in [-0.4, -0.2) is 46.7 Å². The van der Waals surface area contributed by atoms with Crippen LogP contribution in [0.2, 0.25) is 0 Å². The fraction of sp³-hybridized carbons (Fsp3) is 0.600. The van der Waals surface area contributed by atoms with E-state index in [0.29, 0.717) is 35.9 Å². The number of hydrogen-bond donors (Lipinski definition) is 2. The van der Waals surface area contributed by atoms with Crippen LogP contribution < -0.4 is 5.73 Å². The first-order valence-electron chi connectivity index (χ1n) is 6.31. The Balaban J connectivity index is 1.82. The highest BCUT2D eigenvalue weighted by atomic mass is 32.3. The van der Waals surface area contributed by atoms with Crippen LogP contribution in [0.3, 0.4) is 0 Å². The Kier molecular flexibility index (Phi) is 3.36. The van der Waals surface area contributed by atoms with E-state index in [1.54, 1.807) is 6.07 Å². The zero-order valence-corrected chi connectivity index (χ0v) is 11.7. The maximum atomic E-state index is 12.2. The number of hydroxylamine groups is 2. The van der Waals surface area contributed by atoms with Crippen LogP contribution in [-0.2, 0) is 21.2 Å². The van der Waals surface area contributed by atoms with Crippen molar-refractivity contribution in [2.24, 2.45) is 5.73 Å². The Hall–Kier alpha value is -1.69. The Morgan fingerprint density at radius 1 is 1.52 bits per heavy atom. The zero-order valence-electron chi connectivity index (χ0n) is 10.9. The minimum atomic E-state index is -4.73. The van der Waals surface area contributed by atoms with Crippen molar-refractivity contribution >= 4 is 16.4 Å². The largest absolute Gasteiger partial charge is 0.418 e. The van der Waals surface area contributed by atoms with Crippen LogP contribution in [0.5, 0.6) is 0 Å². The van der Waals surface area contributed by atoms with E-state index in [-0.39, 0.29) is 12.6 Å². The van der Waals surface area contributed by atoms with E-state index in [2.05, 4.69) is 9.44 Å². The molecule has 2 bridgehead atoms. The molecule has 0 aliphatic carbocycles. The average molecular weight is 318 g/mol. The quantitative estimate of drug-likeness (QED) is 0.728. The van der Waals surface area contributed by atoms with E-state index >= 15 is 0 Å². The number of nitrogens with zero attached hydrogens (tertiary/aromatic N) is 3. The van der Waals surface area contributed by atoms with E-state index in [0.717, 1.165) is 0 Å². The maximum Gasteiger partial charge on any atom is 0.418 e. The second kappa shape index (κ2) is 4.94. The van der Waals surface area contributed by atoms with Gasteiger partial charge in [0.25, 0.3) is 0 Å². The molecule has 2 aliphatic heterocycles. The SMILES string of the molecule is NCc1cc([C@@H]2CC[C@@H]3CN2C(=O)N3OS(=O)(=O)O)no1. The third kappa shape index (κ3) is 2.60. The van der Waals surface area contributed by atoms with Crippen molar-refractivity contribution in [3.8, 4) is 0 Å². The molecule has 3 N–H and O–H groups in total. The molecule has 0 saturated carbocycles. The summed E-state index contributed by atoms with van der Waals surface area (Å²) in [6, 6.07) is 0.298. The predicted molar refractivity (Wildman–Crippen MR) is 66.7 cm³/mol. The van der Waals surface area contributed by atoms with Crippen molar-refractivity contribution in [1.82, 2.24) is 15.1 Å². The summed E-state index contributed by atoms with van der Waals surface area (Å²) in [5, 5.41) is 4.58. The first-order chi connectivity index (χ1) is 9.89. The molecule has 116 valence electrons. The Morgan fingerprint density at radius 3 is 2.90 bits per heavy atom. The van der Waals surface area contributed by atoms with Crippen molar-refractivity contribution in [2.45, 2.75) is 31.5 Å². The minimum Gasteiger partial charge on any atom is -0.360 e. The molecular weight excluding hydrogens is 304 g/mol. The van der Waals surface area contributed by atoms with Gasteiger partial charge in [0.2, 0.25) is 0 Å². The number of aromatic nitrogens is 1. The standard InChI is InChI=1S/C10H14N4O6S/c11-4-7-3-8(12-19-7)9-2-1-6-5-13(9)10(15)14(6)20-21(16,17)18/h3,6,9H,1-2,4-5,11H2,(H,16,17,18)/t6-,9+/m1/s1. The molecule has 0 spiro atoms. The summed E-state index contributed by atoms with van der Waals surface area (Å²) in [6.07, 6.45) is 1.10. The Labute approximate surface area is 120 Å². The second-order valence-electron chi connectivity index (χ2n) is 4.93. The molecular formula is C10H14N4O6S. The second-order valence-corrected chi connectivity index (χ2v) is 5.94. The number of hydrogen-bond acceptors (Lipinski definition) is 7. The predicted octanol–water partition coefficient (Wildman–Crippen LogP) is -0.191. The van der Waals surface area contributed by atoms with Gasteiger partial charge in [-0.25, -0.2) is 4.79 Å². The van der Waals surface area contributed by atoms with Crippen LogP contribution in [0, 0.1) is 0 Å². The van der Waals surface area contributed by atoms with Gasteiger partial charge in [-0.1, -0.05) is 5.16 Å². The lowest BCUT2D eigenvalue weighted by molar-refractivity contribution is -0.0317. The van der Waals surface area contributed by atoms with Crippen molar-refractivity contribution in [3.05, 3.63) is 17.5 Å². The molecule has 3 rings (SSSR count). The molecule has 21 heavy (non-hydrogen) atoms. The fourth-order valence-electron chi connectivity index (χ4n) is 2.72. The molecule has 1 aromatic heterocycles. The summed E-state index contributed by atoms with van der Waals surface area (Å²) >= 11 is 0. The molecule has 2 atom stereocenters. The van der Waals surface area contributed by atoms with Gasteiger partial charge in [0.1, 0.15) is 5.69 Å². The van der Waals surface area contributed by atoms with E-state index in [4.69, 9.17) is 14.8 Å². The maximum absolute atomic E-state index is 12.2. The van der Waals surface area contributed by atoms with Crippen molar-refractivity contribution in [2.75, 3.05) is 6.54 Å². The topological polar surface area (TPSA) is 139 Å². The van der Waals surface area contributed by atoms with Gasteiger partial charge in [0, 0.05) is 12.6 Å². The summed E-state index contributed by atoms with van der Waals surface area (Å²) in [5.41, 5.74) is 6.02. The number of urea groups is 1. The van der Waals surface area contributed by atoms with E-state index in [1.807, 2.05) is 0 Å². The molecule has 11 heteroatoms. The van der Waals surface area contributed by atoms with Gasteiger partial charge in [-0.05, 0) is 12.8 Å². The van der Waals surface area contributed by atoms with Crippen LogP contribution in [0.4, 0.5) is 4.79 Å². The zero-order chi connectivity index (χ0) is 15.2. The lowest BCUT2D eigenvalue weighted by Gasteiger charge is -2.28. The number of fused-ring (bicyclic) bond motifs is 2. The van der Waals surface area contributed by atoms with Gasteiger partial charge in [0.05, 0.1) is 18.6 Å². The lowest BCUT2D eigenvalue weighted by Crippen LogP contribution is -2.35. The molecule has 0 radical (unpaired) electrons. The Bertz CT molecular complexity index is 658. The summed E-state index contributed by atoms with van der Waals surface area (Å²) in [6.45, 7) is 0.498. The van der Waals surface area contributed by atoms with E-state index < -0.39 is 22.5 Å². The lowest BCUT2D eigenvalue weighted by atomic mass is 9.98. The van der Waals surface area contributed by atoms with Gasteiger partial charge >= 0.3 is 16.4 Å². The van der Waals surface area contributed by atoms with Gasteiger partial charge in [-0.15, -0.1) is 4.28 Å². The summed E-state index contributed by atoms with van der Waals surface area (Å²) in [7, 11) is -4.73. The average Bonchev–Trinajstić information content (AvgIpc) is 2.98. The number of amides is 2. The molecule has 10 nitrogen and oxygen atoms in total. The molecule has 1 aromatic rings. The highest BCUT2D eigenvalue weighted by Gasteiger charge is 2.48. The number of nitrogens with two attached hydrogens (primary N) is 1. The van der Waals surface area contributed by atoms with Crippen LogP contribution >= 0.6 is 0 Å². The van der Waals surface area contributed by atoms with E-state index in [9.17, 15) is 13.2 Å². The number of carbonyl (C=O) groups is 1. The number of carbonyl (C=O) groups excluding carboxylic acids is 1. The Morgan fingerprint density at radius 2 is 2.29 bits per heavy atom.